The van der Waals surface area contributed by atoms with Gasteiger partial charge in [-0.15, -0.1) is 0 Å². The van der Waals surface area contributed by atoms with E-state index in [4.69, 9.17) is 9.15 Å². The van der Waals surface area contributed by atoms with Gasteiger partial charge >= 0.3 is 0 Å². The van der Waals surface area contributed by atoms with Gasteiger partial charge in [0.05, 0.1) is 13.4 Å². The summed E-state index contributed by atoms with van der Waals surface area (Å²) in [7, 11) is 1.65. The lowest BCUT2D eigenvalue weighted by molar-refractivity contribution is -0.129. The number of benzene rings is 1. The standard InChI is InChI=1S/C20H27NO3/c1-15(2)19(20-6-5-13-24-20)11-12-21(16(3)22)14-17-7-9-18(23-4)10-8-17/h5-10,13,15,19H,11-12,14H2,1-4H3/t19-/m1/s1. The Hall–Kier alpha value is -2.23. The van der Waals surface area contributed by atoms with E-state index < -0.39 is 0 Å². The molecule has 0 aliphatic rings. The van der Waals surface area contributed by atoms with Crippen LogP contribution < -0.4 is 4.74 Å². The molecule has 0 aliphatic heterocycles. The van der Waals surface area contributed by atoms with E-state index in [1.54, 1.807) is 20.3 Å². The van der Waals surface area contributed by atoms with Crippen LogP contribution in [-0.4, -0.2) is 24.5 Å². The first-order valence-corrected chi connectivity index (χ1v) is 8.43. The fraction of sp³-hybridized carbons (Fsp3) is 0.450. The molecule has 4 nitrogen and oxygen atoms in total. The summed E-state index contributed by atoms with van der Waals surface area (Å²) in [5.41, 5.74) is 1.10. The first-order chi connectivity index (χ1) is 11.5. The number of rotatable bonds is 8. The van der Waals surface area contributed by atoms with Crippen molar-refractivity contribution < 1.29 is 13.9 Å². The monoisotopic (exact) mass is 329 g/mol. The lowest BCUT2D eigenvalue weighted by Crippen LogP contribution is -2.30. The van der Waals surface area contributed by atoms with Crippen LogP contribution in [0.5, 0.6) is 5.75 Å². The van der Waals surface area contributed by atoms with Gasteiger partial charge in [0.25, 0.3) is 0 Å². The Balaban J connectivity index is 2.00. The van der Waals surface area contributed by atoms with Crippen LogP contribution in [0.1, 0.15) is 44.4 Å². The summed E-state index contributed by atoms with van der Waals surface area (Å²) in [6.07, 6.45) is 2.60. The molecule has 2 rings (SSSR count). The van der Waals surface area contributed by atoms with Crippen molar-refractivity contribution in [2.24, 2.45) is 5.92 Å². The van der Waals surface area contributed by atoms with Gasteiger partial charge in [0.1, 0.15) is 11.5 Å². The van der Waals surface area contributed by atoms with Gasteiger partial charge in [-0.05, 0) is 42.2 Å². The second-order valence-electron chi connectivity index (χ2n) is 6.44. The summed E-state index contributed by atoms with van der Waals surface area (Å²) in [6.45, 7) is 7.33. The van der Waals surface area contributed by atoms with Crippen molar-refractivity contribution >= 4 is 5.91 Å². The molecule has 0 N–H and O–H groups in total. The van der Waals surface area contributed by atoms with Gasteiger partial charge < -0.3 is 14.1 Å². The Bertz CT molecular complexity index is 617. The van der Waals surface area contributed by atoms with Crippen molar-refractivity contribution in [1.29, 1.82) is 0 Å². The van der Waals surface area contributed by atoms with Gasteiger partial charge in [-0.25, -0.2) is 0 Å². The van der Waals surface area contributed by atoms with E-state index in [0.717, 1.165) is 23.5 Å². The normalized spacial score (nSPS) is 12.2. The minimum Gasteiger partial charge on any atom is -0.497 e. The zero-order valence-electron chi connectivity index (χ0n) is 15.0. The predicted octanol–water partition coefficient (Wildman–Crippen LogP) is 4.47. The van der Waals surface area contributed by atoms with Gasteiger partial charge in [0.15, 0.2) is 0 Å². The second-order valence-corrected chi connectivity index (χ2v) is 6.44. The highest BCUT2D eigenvalue weighted by Gasteiger charge is 2.20. The highest BCUT2D eigenvalue weighted by Crippen LogP contribution is 2.28. The van der Waals surface area contributed by atoms with E-state index in [2.05, 4.69) is 13.8 Å². The number of furan rings is 1. The second kappa shape index (κ2) is 8.57. The zero-order valence-corrected chi connectivity index (χ0v) is 15.0. The van der Waals surface area contributed by atoms with E-state index in [1.165, 1.54) is 0 Å². The quantitative estimate of drug-likeness (QED) is 0.718. The van der Waals surface area contributed by atoms with Gasteiger partial charge in [0, 0.05) is 25.9 Å². The van der Waals surface area contributed by atoms with Crippen molar-refractivity contribution in [1.82, 2.24) is 4.90 Å². The summed E-state index contributed by atoms with van der Waals surface area (Å²) in [5.74, 6) is 2.69. The summed E-state index contributed by atoms with van der Waals surface area (Å²) >= 11 is 0. The lowest BCUT2D eigenvalue weighted by atomic mass is 9.90. The first kappa shape index (κ1) is 18.1. The van der Waals surface area contributed by atoms with Crippen LogP contribution in [-0.2, 0) is 11.3 Å². The van der Waals surface area contributed by atoms with Crippen molar-refractivity contribution in [3.63, 3.8) is 0 Å². The molecule has 0 saturated carbocycles. The van der Waals surface area contributed by atoms with Crippen LogP contribution >= 0.6 is 0 Å². The fourth-order valence-corrected chi connectivity index (χ4v) is 2.90. The Labute approximate surface area is 144 Å². The number of methoxy groups -OCH3 is 1. The molecule has 24 heavy (non-hydrogen) atoms. The lowest BCUT2D eigenvalue weighted by Gasteiger charge is -2.25. The zero-order chi connectivity index (χ0) is 17.5. The third-order valence-corrected chi connectivity index (χ3v) is 4.40. The van der Waals surface area contributed by atoms with E-state index in [-0.39, 0.29) is 5.91 Å². The molecule has 4 heteroatoms. The number of hydrogen-bond acceptors (Lipinski definition) is 3. The van der Waals surface area contributed by atoms with Crippen LogP contribution in [0.3, 0.4) is 0 Å². The Morgan fingerprint density at radius 3 is 2.42 bits per heavy atom. The van der Waals surface area contributed by atoms with Crippen LogP contribution in [0.15, 0.2) is 47.1 Å². The number of nitrogens with zero attached hydrogens (tertiary/aromatic N) is 1. The summed E-state index contributed by atoms with van der Waals surface area (Å²) in [5, 5.41) is 0. The molecule has 0 unspecified atom stereocenters. The summed E-state index contributed by atoms with van der Waals surface area (Å²) in [4.78, 5) is 13.9. The van der Waals surface area contributed by atoms with Crippen molar-refractivity contribution in [3.05, 3.63) is 54.0 Å². The Kier molecular flexibility index (Phi) is 6.47. The molecule has 130 valence electrons. The first-order valence-electron chi connectivity index (χ1n) is 8.43. The number of amides is 1. The average Bonchev–Trinajstić information content (AvgIpc) is 3.08. The molecule has 0 aliphatic carbocycles. The maximum absolute atomic E-state index is 12.0. The highest BCUT2D eigenvalue weighted by molar-refractivity contribution is 5.73. The van der Waals surface area contributed by atoms with Crippen molar-refractivity contribution in [2.75, 3.05) is 13.7 Å². The number of carbonyl (C=O) groups excluding carboxylic acids is 1. The summed E-state index contributed by atoms with van der Waals surface area (Å²) < 4.78 is 10.8. The maximum atomic E-state index is 12.0. The van der Waals surface area contributed by atoms with Crippen LogP contribution in [0.25, 0.3) is 0 Å². The van der Waals surface area contributed by atoms with Crippen molar-refractivity contribution in [2.45, 2.75) is 39.7 Å². The van der Waals surface area contributed by atoms with E-state index in [0.29, 0.717) is 24.9 Å². The Morgan fingerprint density at radius 2 is 1.92 bits per heavy atom. The third kappa shape index (κ3) is 4.88. The topological polar surface area (TPSA) is 42.7 Å². The van der Waals surface area contributed by atoms with Gasteiger partial charge in [-0.2, -0.15) is 0 Å². The molecular formula is C20H27NO3. The smallest absolute Gasteiger partial charge is 0.219 e. The van der Waals surface area contributed by atoms with Gasteiger partial charge in [-0.3, -0.25) is 4.79 Å². The van der Waals surface area contributed by atoms with Crippen molar-refractivity contribution in [3.8, 4) is 5.75 Å². The van der Waals surface area contributed by atoms with Crippen LogP contribution in [0.4, 0.5) is 0 Å². The van der Waals surface area contributed by atoms with E-state index in [1.807, 2.05) is 41.3 Å². The van der Waals surface area contributed by atoms with E-state index in [9.17, 15) is 4.79 Å². The minimum atomic E-state index is 0.0905. The number of ether oxygens (including phenoxy) is 1. The molecule has 1 amide bonds. The molecule has 2 aromatic rings. The van der Waals surface area contributed by atoms with E-state index >= 15 is 0 Å². The average molecular weight is 329 g/mol. The molecule has 0 saturated heterocycles. The molecular weight excluding hydrogens is 302 g/mol. The number of carbonyl (C=O) groups is 1. The SMILES string of the molecule is COc1ccc(CN(CC[C@@H](c2ccco2)C(C)C)C(C)=O)cc1. The molecule has 0 fully saturated rings. The molecule has 1 aromatic carbocycles. The summed E-state index contributed by atoms with van der Waals surface area (Å²) in [6, 6.07) is 11.8. The molecule has 0 spiro atoms. The molecule has 0 bridgehead atoms. The molecule has 0 radical (unpaired) electrons. The van der Waals surface area contributed by atoms with Gasteiger partial charge in [0.2, 0.25) is 5.91 Å². The van der Waals surface area contributed by atoms with Crippen LogP contribution in [0, 0.1) is 5.92 Å². The Morgan fingerprint density at radius 1 is 1.21 bits per heavy atom. The minimum absolute atomic E-state index is 0.0905. The molecule has 1 aromatic heterocycles. The molecule has 1 heterocycles. The fourth-order valence-electron chi connectivity index (χ4n) is 2.90. The molecule has 1 atom stereocenters. The van der Waals surface area contributed by atoms with Gasteiger partial charge in [-0.1, -0.05) is 26.0 Å². The third-order valence-electron chi connectivity index (χ3n) is 4.40. The maximum Gasteiger partial charge on any atom is 0.219 e. The van der Waals surface area contributed by atoms with Crippen LogP contribution in [0.2, 0.25) is 0 Å². The predicted molar refractivity (Wildman–Crippen MR) is 95.0 cm³/mol. The highest BCUT2D eigenvalue weighted by atomic mass is 16.5. The largest absolute Gasteiger partial charge is 0.497 e. The number of hydrogen-bond donors (Lipinski definition) is 0.